The molecule has 7 heteroatoms. The maximum absolute atomic E-state index is 13.4. The monoisotopic (exact) mass is 450 g/mol. The molecule has 0 radical (unpaired) electrons. The lowest BCUT2D eigenvalue weighted by Gasteiger charge is -2.06. The first-order valence-corrected chi connectivity index (χ1v) is 9.66. The average molecular weight is 451 g/mol. The standard InChI is InChI=1S/C22H16BrFN4O/c1-14-5-11-19(12-6-14)28-21(15-7-9-17(24)10-8-15)26-20(27-28)22(29)25-18-4-2-3-16(23)13-18/h2-13H,1H3,(H,25,29). The number of carbonyl (C=O) groups excluding carboxylic acids is 1. The van der Waals surface area contributed by atoms with Crippen LogP contribution in [0.4, 0.5) is 10.1 Å². The van der Waals surface area contributed by atoms with Crippen LogP contribution < -0.4 is 5.32 Å². The lowest BCUT2D eigenvalue weighted by atomic mass is 10.2. The highest BCUT2D eigenvalue weighted by atomic mass is 79.9. The van der Waals surface area contributed by atoms with E-state index >= 15 is 0 Å². The van der Waals surface area contributed by atoms with E-state index in [-0.39, 0.29) is 11.6 Å². The molecule has 0 bridgehead atoms. The number of hydrogen-bond donors (Lipinski definition) is 1. The fourth-order valence-electron chi connectivity index (χ4n) is 2.81. The summed E-state index contributed by atoms with van der Waals surface area (Å²) in [5.41, 5.74) is 3.13. The third-order valence-electron chi connectivity index (χ3n) is 4.27. The molecule has 0 aliphatic heterocycles. The molecule has 3 aromatic carbocycles. The van der Waals surface area contributed by atoms with Crippen molar-refractivity contribution in [3.63, 3.8) is 0 Å². The Morgan fingerprint density at radius 1 is 1.03 bits per heavy atom. The highest BCUT2D eigenvalue weighted by molar-refractivity contribution is 9.10. The van der Waals surface area contributed by atoms with E-state index < -0.39 is 5.91 Å². The third kappa shape index (κ3) is 4.25. The summed E-state index contributed by atoms with van der Waals surface area (Å²) in [7, 11) is 0. The molecule has 4 rings (SSSR count). The minimum Gasteiger partial charge on any atom is -0.319 e. The summed E-state index contributed by atoms with van der Waals surface area (Å²) >= 11 is 3.38. The Morgan fingerprint density at radius 3 is 2.45 bits per heavy atom. The van der Waals surface area contributed by atoms with Crippen molar-refractivity contribution in [2.24, 2.45) is 0 Å². The van der Waals surface area contributed by atoms with Gasteiger partial charge in [-0.05, 0) is 61.5 Å². The first-order chi connectivity index (χ1) is 14.0. The second-order valence-electron chi connectivity index (χ2n) is 6.48. The molecular formula is C22H16BrFN4O. The van der Waals surface area contributed by atoms with Gasteiger partial charge in [0, 0.05) is 15.7 Å². The maximum atomic E-state index is 13.4. The zero-order valence-electron chi connectivity index (χ0n) is 15.4. The molecule has 1 N–H and O–H groups in total. The topological polar surface area (TPSA) is 59.8 Å². The van der Waals surface area contributed by atoms with Crippen molar-refractivity contribution < 1.29 is 9.18 Å². The zero-order chi connectivity index (χ0) is 20.4. The molecule has 144 valence electrons. The Kier molecular flexibility index (Phi) is 5.22. The first kappa shape index (κ1) is 19.0. The SMILES string of the molecule is Cc1ccc(-n2nc(C(=O)Nc3cccc(Br)c3)nc2-c2ccc(F)cc2)cc1. The van der Waals surface area contributed by atoms with E-state index in [1.165, 1.54) is 12.1 Å². The fourth-order valence-corrected chi connectivity index (χ4v) is 3.21. The molecule has 0 aliphatic carbocycles. The molecule has 0 saturated carbocycles. The molecule has 0 saturated heterocycles. The lowest BCUT2D eigenvalue weighted by Crippen LogP contribution is -2.14. The van der Waals surface area contributed by atoms with Crippen LogP contribution in [0.2, 0.25) is 0 Å². The van der Waals surface area contributed by atoms with E-state index in [9.17, 15) is 9.18 Å². The van der Waals surface area contributed by atoms with Crippen molar-refractivity contribution >= 4 is 27.5 Å². The van der Waals surface area contributed by atoms with Crippen LogP contribution in [0.3, 0.4) is 0 Å². The van der Waals surface area contributed by atoms with Crippen molar-refractivity contribution in [2.45, 2.75) is 6.92 Å². The quantitative estimate of drug-likeness (QED) is 0.452. The molecule has 1 aromatic heterocycles. The van der Waals surface area contributed by atoms with Gasteiger partial charge in [0.25, 0.3) is 5.91 Å². The van der Waals surface area contributed by atoms with Crippen molar-refractivity contribution in [1.82, 2.24) is 14.8 Å². The minimum atomic E-state index is -0.433. The van der Waals surface area contributed by atoms with E-state index in [1.807, 2.05) is 43.3 Å². The van der Waals surface area contributed by atoms with Gasteiger partial charge >= 0.3 is 0 Å². The molecule has 0 unspecified atom stereocenters. The van der Waals surface area contributed by atoms with Gasteiger partial charge in [0.2, 0.25) is 5.82 Å². The normalized spacial score (nSPS) is 10.7. The van der Waals surface area contributed by atoms with Gasteiger partial charge < -0.3 is 5.32 Å². The van der Waals surface area contributed by atoms with Crippen LogP contribution in [0, 0.1) is 12.7 Å². The highest BCUT2D eigenvalue weighted by Gasteiger charge is 2.19. The van der Waals surface area contributed by atoms with E-state index in [2.05, 4.69) is 31.3 Å². The van der Waals surface area contributed by atoms with Crippen LogP contribution in [-0.2, 0) is 0 Å². The number of amides is 1. The number of anilines is 1. The molecule has 29 heavy (non-hydrogen) atoms. The average Bonchev–Trinajstić information content (AvgIpc) is 3.15. The van der Waals surface area contributed by atoms with Gasteiger partial charge in [0.05, 0.1) is 5.69 Å². The zero-order valence-corrected chi connectivity index (χ0v) is 17.0. The van der Waals surface area contributed by atoms with Crippen molar-refractivity contribution in [1.29, 1.82) is 0 Å². The molecule has 1 amide bonds. The number of hydrogen-bond acceptors (Lipinski definition) is 3. The smallest absolute Gasteiger partial charge is 0.295 e. The summed E-state index contributed by atoms with van der Waals surface area (Å²) in [6, 6.07) is 20.9. The molecular weight excluding hydrogens is 435 g/mol. The molecule has 0 atom stereocenters. The minimum absolute atomic E-state index is 0.0184. The van der Waals surface area contributed by atoms with Gasteiger partial charge in [-0.15, -0.1) is 5.10 Å². The molecule has 0 aliphatic rings. The van der Waals surface area contributed by atoms with Crippen LogP contribution in [0.1, 0.15) is 16.2 Å². The molecule has 0 fully saturated rings. The Balaban J connectivity index is 1.75. The van der Waals surface area contributed by atoms with Gasteiger partial charge in [-0.3, -0.25) is 4.79 Å². The van der Waals surface area contributed by atoms with Crippen LogP contribution >= 0.6 is 15.9 Å². The lowest BCUT2D eigenvalue weighted by molar-refractivity contribution is 0.101. The Morgan fingerprint density at radius 2 is 1.76 bits per heavy atom. The molecule has 0 spiro atoms. The number of nitrogens with one attached hydrogen (secondary N) is 1. The van der Waals surface area contributed by atoms with Gasteiger partial charge in [-0.25, -0.2) is 14.1 Å². The van der Waals surface area contributed by atoms with E-state index in [4.69, 9.17) is 0 Å². The summed E-state index contributed by atoms with van der Waals surface area (Å²) in [5, 5.41) is 7.21. The molecule has 5 nitrogen and oxygen atoms in total. The van der Waals surface area contributed by atoms with E-state index in [1.54, 1.807) is 28.9 Å². The second kappa shape index (κ2) is 7.97. The second-order valence-corrected chi connectivity index (χ2v) is 7.39. The van der Waals surface area contributed by atoms with Gasteiger partial charge in [0.1, 0.15) is 5.82 Å². The van der Waals surface area contributed by atoms with Crippen molar-refractivity contribution in [2.75, 3.05) is 5.32 Å². The summed E-state index contributed by atoms with van der Waals surface area (Å²) in [6.07, 6.45) is 0. The van der Waals surface area contributed by atoms with Crippen molar-refractivity contribution in [3.8, 4) is 17.1 Å². The number of benzene rings is 3. The highest BCUT2D eigenvalue weighted by Crippen LogP contribution is 2.23. The van der Waals surface area contributed by atoms with Gasteiger partial charge in [-0.1, -0.05) is 39.7 Å². The predicted octanol–water partition coefficient (Wildman–Crippen LogP) is 5.40. The van der Waals surface area contributed by atoms with Crippen LogP contribution in [0.5, 0.6) is 0 Å². The number of halogens is 2. The Bertz CT molecular complexity index is 1110. The van der Waals surface area contributed by atoms with Crippen LogP contribution in [0.25, 0.3) is 17.1 Å². The fraction of sp³-hybridized carbons (Fsp3) is 0.0455. The van der Waals surface area contributed by atoms with Crippen molar-refractivity contribution in [3.05, 3.63) is 94.5 Å². The summed E-state index contributed by atoms with van der Waals surface area (Å²) < 4.78 is 15.8. The van der Waals surface area contributed by atoms with E-state index in [0.29, 0.717) is 17.1 Å². The third-order valence-corrected chi connectivity index (χ3v) is 4.77. The summed E-state index contributed by atoms with van der Waals surface area (Å²) in [4.78, 5) is 17.2. The summed E-state index contributed by atoms with van der Waals surface area (Å²) in [5.74, 6) is -0.307. The number of aromatic nitrogens is 3. The van der Waals surface area contributed by atoms with Crippen LogP contribution in [0.15, 0.2) is 77.3 Å². The number of nitrogens with zero attached hydrogens (tertiary/aromatic N) is 3. The van der Waals surface area contributed by atoms with Gasteiger partial charge in [0.15, 0.2) is 5.82 Å². The Hall–Kier alpha value is -3.32. The Labute approximate surface area is 175 Å². The molecule has 1 heterocycles. The van der Waals surface area contributed by atoms with Gasteiger partial charge in [-0.2, -0.15) is 0 Å². The summed E-state index contributed by atoms with van der Waals surface area (Å²) in [6.45, 7) is 1.99. The number of aryl methyl sites for hydroxylation is 1. The predicted molar refractivity (Wildman–Crippen MR) is 114 cm³/mol. The number of rotatable bonds is 4. The molecule has 4 aromatic rings. The van der Waals surface area contributed by atoms with Crippen LogP contribution in [-0.4, -0.2) is 20.7 Å². The van der Waals surface area contributed by atoms with E-state index in [0.717, 1.165) is 15.7 Å². The number of carbonyl (C=O) groups is 1. The maximum Gasteiger partial charge on any atom is 0.295 e. The largest absolute Gasteiger partial charge is 0.319 e. The first-order valence-electron chi connectivity index (χ1n) is 8.86.